The van der Waals surface area contributed by atoms with Gasteiger partial charge < -0.3 is 4.57 Å². The maximum Gasteiger partial charge on any atom is 0.161 e. The molecule has 0 unspecified atom stereocenters. The minimum atomic E-state index is 0.477. The number of nitrogens with zero attached hydrogens (tertiary/aromatic N) is 6. The van der Waals surface area contributed by atoms with Crippen LogP contribution in [0.25, 0.3) is 70.4 Å². The van der Waals surface area contributed by atoms with E-state index in [4.69, 9.17) is 20.0 Å². The zero-order valence-electron chi connectivity index (χ0n) is 30.8. The third kappa shape index (κ3) is 6.30. The summed E-state index contributed by atoms with van der Waals surface area (Å²) in [7, 11) is 0. The number of aromatic nitrogens is 3. The average molecular weight is 751 g/mol. The van der Waals surface area contributed by atoms with Crippen molar-refractivity contribution >= 4 is 71.8 Å². The number of thiophene rings is 1. The molecule has 7 heteroatoms. The van der Waals surface area contributed by atoms with E-state index in [-0.39, 0.29) is 0 Å². The van der Waals surface area contributed by atoms with Gasteiger partial charge in [-0.1, -0.05) is 152 Å². The third-order valence-corrected chi connectivity index (χ3v) is 11.4. The van der Waals surface area contributed by atoms with Gasteiger partial charge in [0.1, 0.15) is 0 Å². The van der Waals surface area contributed by atoms with Crippen LogP contribution in [0.4, 0.5) is 0 Å². The highest BCUT2D eigenvalue weighted by Gasteiger charge is 2.21. The Bertz CT molecular complexity index is 3150. The van der Waals surface area contributed by atoms with Crippen LogP contribution in [0.1, 0.15) is 16.7 Å². The van der Waals surface area contributed by atoms with Crippen molar-refractivity contribution in [2.75, 3.05) is 0 Å². The normalized spacial score (nSPS) is 12.2. The second-order valence-electron chi connectivity index (χ2n) is 13.7. The van der Waals surface area contributed by atoms with E-state index in [2.05, 4.69) is 150 Å². The maximum absolute atomic E-state index is 5.44. The summed E-state index contributed by atoms with van der Waals surface area (Å²) in [5.41, 5.74) is 9.99. The van der Waals surface area contributed by atoms with Gasteiger partial charge in [0.05, 0.1) is 33.5 Å². The number of benzene rings is 7. The Hall–Kier alpha value is -7.35. The van der Waals surface area contributed by atoms with Gasteiger partial charge in [-0.15, -0.1) is 11.3 Å². The molecule has 6 nitrogen and oxygen atoms in total. The minimum absolute atomic E-state index is 0.477. The first-order valence-corrected chi connectivity index (χ1v) is 19.6. The van der Waals surface area contributed by atoms with E-state index in [9.17, 15) is 0 Å². The molecular formula is C50H34N6S. The SMILES string of the molecule is C=NC(=NC(=NCc1ccccc1)c1ccc(-c2nc(-c3cccc4c3c3ccccc3n4-c3ccccc3)nc3c2sc2ccccc23)cc1)c1ccccc1. The van der Waals surface area contributed by atoms with Gasteiger partial charge in [-0.25, -0.2) is 20.0 Å². The van der Waals surface area contributed by atoms with Crippen LogP contribution in [-0.2, 0) is 6.54 Å². The molecule has 0 amide bonds. The lowest BCUT2D eigenvalue weighted by Crippen LogP contribution is -2.05. The van der Waals surface area contributed by atoms with Gasteiger partial charge in [-0.05, 0) is 42.6 Å². The zero-order chi connectivity index (χ0) is 38.1. The lowest BCUT2D eigenvalue weighted by Gasteiger charge is -2.10. The summed E-state index contributed by atoms with van der Waals surface area (Å²) in [5.74, 6) is 1.78. The van der Waals surface area contributed by atoms with E-state index < -0.39 is 0 Å². The fourth-order valence-corrected chi connectivity index (χ4v) is 8.72. The first-order valence-electron chi connectivity index (χ1n) is 18.8. The Balaban J connectivity index is 1.14. The molecule has 0 atom stereocenters. The number of hydrogen-bond donors (Lipinski definition) is 0. The molecule has 0 aliphatic carbocycles. The van der Waals surface area contributed by atoms with Gasteiger partial charge in [0.15, 0.2) is 17.5 Å². The molecule has 57 heavy (non-hydrogen) atoms. The van der Waals surface area contributed by atoms with Crippen LogP contribution < -0.4 is 0 Å². The predicted octanol–water partition coefficient (Wildman–Crippen LogP) is 12.4. The molecule has 7 aromatic carbocycles. The zero-order valence-corrected chi connectivity index (χ0v) is 31.6. The van der Waals surface area contributed by atoms with Gasteiger partial charge in [0.2, 0.25) is 0 Å². The van der Waals surface area contributed by atoms with E-state index in [1.165, 1.54) is 4.70 Å². The Morgan fingerprint density at radius 2 is 1.23 bits per heavy atom. The number of aliphatic imine (C=N–C) groups is 3. The Morgan fingerprint density at radius 3 is 2.00 bits per heavy atom. The van der Waals surface area contributed by atoms with Gasteiger partial charge in [-0.3, -0.25) is 4.99 Å². The van der Waals surface area contributed by atoms with Crippen LogP contribution in [0.5, 0.6) is 0 Å². The second kappa shape index (κ2) is 14.7. The van der Waals surface area contributed by atoms with Gasteiger partial charge in [-0.2, -0.15) is 0 Å². The molecule has 0 fully saturated rings. The van der Waals surface area contributed by atoms with Crippen LogP contribution in [0.15, 0.2) is 197 Å². The lowest BCUT2D eigenvalue weighted by molar-refractivity contribution is 1.06. The predicted molar refractivity (Wildman–Crippen MR) is 239 cm³/mol. The summed E-state index contributed by atoms with van der Waals surface area (Å²) < 4.78 is 4.55. The van der Waals surface area contributed by atoms with E-state index in [0.717, 1.165) is 76.6 Å². The summed E-state index contributed by atoms with van der Waals surface area (Å²) in [6, 6.07) is 62.5. The van der Waals surface area contributed by atoms with Crippen LogP contribution in [-0.4, -0.2) is 32.9 Å². The van der Waals surface area contributed by atoms with Crippen molar-refractivity contribution in [3.05, 3.63) is 199 Å². The second-order valence-corrected chi connectivity index (χ2v) is 14.8. The molecule has 0 aliphatic heterocycles. The van der Waals surface area contributed by atoms with Crippen LogP contribution in [0.2, 0.25) is 0 Å². The molecule has 0 saturated carbocycles. The molecule has 0 radical (unpaired) electrons. The molecular weight excluding hydrogens is 717 g/mol. The van der Waals surface area contributed by atoms with Crippen molar-refractivity contribution < 1.29 is 0 Å². The molecule has 0 saturated heterocycles. The van der Waals surface area contributed by atoms with E-state index in [1.807, 2.05) is 48.5 Å². The molecule has 3 aromatic heterocycles. The molecule has 270 valence electrons. The Kier molecular flexibility index (Phi) is 8.82. The number of hydrogen-bond acceptors (Lipinski definition) is 4. The first kappa shape index (κ1) is 34.2. The molecule has 10 aromatic rings. The summed E-state index contributed by atoms with van der Waals surface area (Å²) in [6.45, 7) is 4.32. The fraction of sp³-hybridized carbons (Fsp3) is 0.0200. The standard InChI is InChI=1S/C50H34N6S/c1-51-48(35-18-7-3-8-19-35)55-49(52-32-33-16-5-2-6-17-33)36-30-28-34(29-31-36)45-47-46(39-23-12-14-27-43(39)57-47)54-50(53-45)40-24-15-26-42-44(40)38-22-11-13-25-41(38)56(42)37-20-9-4-10-21-37/h2-31H,1,32H2. The number of fused-ring (bicyclic) bond motifs is 6. The topological polar surface area (TPSA) is 67.8 Å². The maximum atomic E-state index is 5.44. The molecule has 0 bridgehead atoms. The number of rotatable bonds is 7. The average Bonchev–Trinajstić information content (AvgIpc) is 3.83. The monoisotopic (exact) mass is 750 g/mol. The van der Waals surface area contributed by atoms with Crippen molar-refractivity contribution in [1.29, 1.82) is 0 Å². The number of amidine groups is 2. The van der Waals surface area contributed by atoms with Crippen LogP contribution >= 0.6 is 11.3 Å². The highest BCUT2D eigenvalue weighted by Crippen LogP contribution is 2.42. The lowest BCUT2D eigenvalue weighted by atomic mass is 10.0. The molecule has 3 heterocycles. The van der Waals surface area contributed by atoms with Crippen molar-refractivity contribution in [2.24, 2.45) is 15.0 Å². The van der Waals surface area contributed by atoms with Crippen LogP contribution in [0.3, 0.4) is 0 Å². The van der Waals surface area contributed by atoms with Gasteiger partial charge in [0, 0.05) is 48.8 Å². The molecule has 0 aliphatic rings. The van der Waals surface area contributed by atoms with Crippen molar-refractivity contribution in [2.45, 2.75) is 6.54 Å². The van der Waals surface area contributed by atoms with Crippen molar-refractivity contribution in [1.82, 2.24) is 14.5 Å². The smallest absolute Gasteiger partial charge is 0.161 e. The van der Waals surface area contributed by atoms with Crippen molar-refractivity contribution in [3.8, 4) is 28.3 Å². The summed E-state index contributed by atoms with van der Waals surface area (Å²) >= 11 is 1.73. The summed E-state index contributed by atoms with van der Waals surface area (Å²) in [4.78, 5) is 25.1. The highest BCUT2D eigenvalue weighted by atomic mass is 32.1. The molecule has 0 N–H and O–H groups in total. The molecule has 0 spiro atoms. The van der Waals surface area contributed by atoms with Gasteiger partial charge >= 0.3 is 0 Å². The van der Waals surface area contributed by atoms with E-state index in [1.54, 1.807) is 11.3 Å². The fourth-order valence-electron chi connectivity index (χ4n) is 7.56. The largest absolute Gasteiger partial charge is 0.309 e. The van der Waals surface area contributed by atoms with Gasteiger partial charge in [0.25, 0.3) is 0 Å². The number of para-hydroxylation sites is 2. The van der Waals surface area contributed by atoms with E-state index in [0.29, 0.717) is 24.0 Å². The summed E-state index contributed by atoms with van der Waals surface area (Å²) in [6.07, 6.45) is 0. The van der Waals surface area contributed by atoms with Crippen molar-refractivity contribution in [3.63, 3.8) is 0 Å². The van der Waals surface area contributed by atoms with Crippen LogP contribution in [0, 0.1) is 0 Å². The Morgan fingerprint density at radius 1 is 0.579 bits per heavy atom. The summed E-state index contributed by atoms with van der Waals surface area (Å²) in [5, 5.41) is 3.40. The van der Waals surface area contributed by atoms with E-state index >= 15 is 0 Å². The third-order valence-electron chi connectivity index (χ3n) is 10.2. The first-order chi connectivity index (χ1) is 28.2. The quantitative estimate of drug-likeness (QED) is 0.120. The molecule has 10 rings (SSSR count). The highest BCUT2D eigenvalue weighted by molar-refractivity contribution is 7.26. The minimum Gasteiger partial charge on any atom is -0.309 e. The Labute approximate surface area is 333 Å².